The predicted molar refractivity (Wildman–Crippen MR) is 111 cm³/mol. The number of aromatic nitrogens is 3. The van der Waals surface area contributed by atoms with Gasteiger partial charge in [0.15, 0.2) is 5.65 Å². The molecule has 1 aromatic carbocycles. The van der Waals surface area contributed by atoms with Crippen molar-refractivity contribution < 1.29 is 9.18 Å². The Morgan fingerprint density at radius 1 is 1.17 bits per heavy atom. The van der Waals surface area contributed by atoms with Crippen LogP contribution in [-0.4, -0.2) is 32.7 Å². The fourth-order valence-electron chi connectivity index (χ4n) is 5.32. The van der Waals surface area contributed by atoms with Gasteiger partial charge < -0.3 is 4.90 Å². The molecule has 1 aliphatic heterocycles. The minimum atomic E-state index is -1.19. The van der Waals surface area contributed by atoms with Crippen molar-refractivity contribution in [1.82, 2.24) is 14.6 Å². The smallest absolute Gasteiger partial charge is 0.237 e. The summed E-state index contributed by atoms with van der Waals surface area (Å²) in [4.78, 5) is 19.3. The van der Waals surface area contributed by atoms with E-state index in [9.17, 15) is 9.18 Å². The maximum Gasteiger partial charge on any atom is 0.237 e. The van der Waals surface area contributed by atoms with Crippen molar-refractivity contribution in [2.24, 2.45) is 0 Å². The van der Waals surface area contributed by atoms with Crippen molar-refractivity contribution in [3.63, 3.8) is 0 Å². The van der Waals surface area contributed by atoms with Gasteiger partial charge in [-0.25, -0.2) is 13.9 Å². The van der Waals surface area contributed by atoms with Gasteiger partial charge in [0, 0.05) is 23.6 Å². The molecule has 0 N–H and O–H groups in total. The lowest BCUT2D eigenvalue weighted by Crippen LogP contribution is -2.37. The first kappa shape index (κ1) is 17.2. The summed E-state index contributed by atoms with van der Waals surface area (Å²) in [7, 11) is 0. The largest absolute Gasteiger partial charge is 0.308 e. The third-order valence-electron chi connectivity index (χ3n) is 7.44. The summed E-state index contributed by atoms with van der Waals surface area (Å²) in [6.45, 7) is 0.201. The standard InChI is InChI=1S/C23H20ClFN4O/c24-19-11-16(20-26-7-8-29(20)27-19)15-10-14(15)13-1-2-17-18(9-13)28(12-22(25)3-4-22)21(30)23(17)5-6-23/h1-2,7-9,11,14-15H,3-6,10,12H2/t14-,15?/m1/s1. The van der Waals surface area contributed by atoms with Gasteiger partial charge in [0.05, 0.1) is 12.0 Å². The fraction of sp³-hybridized carbons (Fsp3) is 0.435. The summed E-state index contributed by atoms with van der Waals surface area (Å²) in [6, 6.07) is 8.33. The molecule has 0 saturated heterocycles. The highest BCUT2D eigenvalue weighted by Gasteiger charge is 2.61. The molecule has 0 radical (unpaired) electrons. The number of hydrogen-bond acceptors (Lipinski definition) is 3. The Kier molecular flexibility index (Phi) is 3.11. The number of carbonyl (C=O) groups excluding carboxylic acids is 1. The Balaban J connectivity index is 1.25. The van der Waals surface area contributed by atoms with E-state index in [-0.39, 0.29) is 17.9 Å². The summed E-state index contributed by atoms with van der Waals surface area (Å²) in [5.41, 5.74) is 3.63. The van der Waals surface area contributed by atoms with E-state index in [0.717, 1.165) is 41.7 Å². The molecule has 7 rings (SSSR count). The van der Waals surface area contributed by atoms with E-state index in [1.807, 2.05) is 6.07 Å². The van der Waals surface area contributed by atoms with Crippen molar-refractivity contribution in [3.8, 4) is 0 Å². The molecule has 3 aromatic rings. The zero-order valence-corrected chi connectivity index (χ0v) is 17.1. The molecule has 30 heavy (non-hydrogen) atoms. The number of hydrogen-bond donors (Lipinski definition) is 0. The first-order chi connectivity index (χ1) is 14.5. The van der Waals surface area contributed by atoms with Crippen LogP contribution < -0.4 is 4.90 Å². The molecule has 1 spiro atoms. The average molecular weight is 423 g/mol. The zero-order valence-electron chi connectivity index (χ0n) is 16.3. The number of imidazole rings is 1. The van der Waals surface area contributed by atoms with Crippen LogP contribution in [0.25, 0.3) is 5.65 Å². The van der Waals surface area contributed by atoms with Crippen LogP contribution in [0.2, 0.25) is 5.15 Å². The van der Waals surface area contributed by atoms with Crippen LogP contribution >= 0.6 is 11.6 Å². The molecule has 3 heterocycles. The first-order valence-electron chi connectivity index (χ1n) is 10.6. The van der Waals surface area contributed by atoms with Gasteiger partial charge in [-0.3, -0.25) is 4.79 Å². The number of halogens is 2. The normalized spacial score (nSPS) is 27.0. The lowest BCUT2D eigenvalue weighted by Gasteiger charge is -2.20. The molecule has 152 valence electrons. The van der Waals surface area contributed by atoms with Gasteiger partial charge in [-0.1, -0.05) is 23.7 Å². The summed E-state index contributed by atoms with van der Waals surface area (Å²) in [5.74, 6) is 0.776. The van der Waals surface area contributed by atoms with Gasteiger partial charge in [0.1, 0.15) is 10.8 Å². The number of alkyl halides is 1. The van der Waals surface area contributed by atoms with Crippen molar-refractivity contribution in [2.75, 3.05) is 11.4 Å². The van der Waals surface area contributed by atoms with Crippen molar-refractivity contribution in [3.05, 3.63) is 58.5 Å². The van der Waals surface area contributed by atoms with Gasteiger partial charge in [0.25, 0.3) is 0 Å². The van der Waals surface area contributed by atoms with Crippen LogP contribution in [0.4, 0.5) is 10.1 Å². The van der Waals surface area contributed by atoms with Crippen LogP contribution in [-0.2, 0) is 10.2 Å². The Hall–Kier alpha value is -2.47. The second-order valence-corrected chi connectivity index (χ2v) is 9.85. The topological polar surface area (TPSA) is 50.5 Å². The lowest BCUT2D eigenvalue weighted by atomic mass is 9.95. The highest BCUT2D eigenvalue weighted by Crippen LogP contribution is 2.61. The van der Waals surface area contributed by atoms with E-state index in [0.29, 0.717) is 29.8 Å². The van der Waals surface area contributed by atoms with Crippen molar-refractivity contribution in [2.45, 2.75) is 55.0 Å². The third-order valence-corrected chi connectivity index (χ3v) is 7.63. The monoisotopic (exact) mass is 422 g/mol. The number of anilines is 1. The van der Waals surface area contributed by atoms with Gasteiger partial charge in [-0.2, -0.15) is 5.10 Å². The van der Waals surface area contributed by atoms with Crippen LogP contribution in [0, 0.1) is 0 Å². The molecule has 3 saturated carbocycles. The molecule has 1 amide bonds. The molecule has 2 aromatic heterocycles. The van der Waals surface area contributed by atoms with Crippen LogP contribution in [0.1, 0.15) is 60.6 Å². The molecule has 2 atom stereocenters. The first-order valence-corrected chi connectivity index (χ1v) is 11.0. The second kappa shape index (κ2) is 5.41. The molecule has 1 unspecified atom stereocenters. The maximum absolute atomic E-state index is 14.6. The van der Waals surface area contributed by atoms with Gasteiger partial charge in [0.2, 0.25) is 5.91 Å². The number of benzene rings is 1. The zero-order chi connectivity index (χ0) is 20.3. The number of amides is 1. The maximum atomic E-state index is 14.6. The lowest BCUT2D eigenvalue weighted by molar-refractivity contribution is -0.120. The minimum absolute atomic E-state index is 0.103. The molecule has 4 aliphatic rings. The minimum Gasteiger partial charge on any atom is -0.308 e. The van der Waals surface area contributed by atoms with Gasteiger partial charge in [-0.15, -0.1) is 0 Å². The summed E-state index contributed by atoms with van der Waals surface area (Å²) in [5, 5.41) is 4.73. The predicted octanol–water partition coefficient (Wildman–Crippen LogP) is 4.53. The van der Waals surface area contributed by atoms with E-state index >= 15 is 0 Å². The fourth-order valence-corrected chi connectivity index (χ4v) is 5.52. The van der Waals surface area contributed by atoms with Gasteiger partial charge in [-0.05, 0) is 67.2 Å². The number of carbonyl (C=O) groups is 1. The highest BCUT2D eigenvalue weighted by molar-refractivity contribution is 6.29. The third kappa shape index (κ3) is 2.31. The summed E-state index contributed by atoms with van der Waals surface area (Å²) < 4.78 is 16.3. The van der Waals surface area contributed by atoms with E-state index in [4.69, 9.17) is 11.6 Å². The molecule has 3 aliphatic carbocycles. The number of nitrogens with zero attached hydrogens (tertiary/aromatic N) is 4. The second-order valence-electron chi connectivity index (χ2n) is 9.47. The molecule has 5 nitrogen and oxygen atoms in total. The molecular weight excluding hydrogens is 403 g/mol. The molecular formula is C23H20ClFN4O. The Morgan fingerprint density at radius 3 is 2.77 bits per heavy atom. The number of rotatable bonds is 4. The van der Waals surface area contributed by atoms with E-state index in [2.05, 4.69) is 28.3 Å². The molecule has 0 bridgehead atoms. The van der Waals surface area contributed by atoms with Crippen LogP contribution in [0.3, 0.4) is 0 Å². The van der Waals surface area contributed by atoms with Crippen LogP contribution in [0.5, 0.6) is 0 Å². The Labute approximate surface area is 177 Å². The number of fused-ring (bicyclic) bond motifs is 3. The highest BCUT2D eigenvalue weighted by atomic mass is 35.5. The SMILES string of the molecule is O=C1N(CC2(F)CC2)c2cc([C@H]3CC3c3cc(Cl)nn4ccnc34)ccc2C12CC2. The summed E-state index contributed by atoms with van der Waals surface area (Å²) in [6.07, 6.45) is 7.44. The van der Waals surface area contributed by atoms with E-state index in [1.165, 1.54) is 5.56 Å². The van der Waals surface area contributed by atoms with E-state index < -0.39 is 5.67 Å². The van der Waals surface area contributed by atoms with Crippen molar-refractivity contribution in [1.29, 1.82) is 0 Å². The Morgan fingerprint density at radius 2 is 2.00 bits per heavy atom. The van der Waals surface area contributed by atoms with Gasteiger partial charge >= 0.3 is 0 Å². The molecule has 7 heteroatoms. The average Bonchev–Trinajstić information content (AvgIpc) is 3.65. The van der Waals surface area contributed by atoms with Crippen LogP contribution in [0.15, 0.2) is 36.7 Å². The molecule has 3 fully saturated rings. The quantitative estimate of drug-likeness (QED) is 0.620. The van der Waals surface area contributed by atoms with E-state index in [1.54, 1.807) is 21.8 Å². The Bertz CT molecular complexity index is 1250. The summed E-state index contributed by atoms with van der Waals surface area (Å²) >= 11 is 6.22. The van der Waals surface area contributed by atoms with Crippen molar-refractivity contribution >= 4 is 28.8 Å².